The van der Waals surface area contributed by atoms with Gasteiger partial charge in [-0.3, -0.25) is 0 Å². The number of benzene rings is 5. The Morgan fingerprint density at radius 2 is 1.32 bits per heavy atom. The normalized spacial score (nSPS) is 14.5. The lowest BCUT2D eigenvalue weighted by molar-refractivity contribution is 0.173. The van der Waals surface area contributed by atoms with Crippen molar-refractivity contribution in [2.24, 2.45) is 0 Å². The van der Waals surface area contributed by atoms with E-state index in [1.54, 1.807) is 0 Å². The van der Waals surface area contributed by atoms with Crippen molar-refractivity contribution in [2.45, 2.75) is 19.5 Å². The van der Waals surface area contributed by atoms with Gasteiger partial charge in [0.25, 0.3) is 0 Å². The quantitative estimate of drug-likeness (QED) is 0.264. The zero-order valence-corrected chi connectivity index (χ0v) is 20.8. The molecule has 0 saturated heterocycles. The highest BCUT2D eigenvalue weighted by atomic mass is 16.7. The first-order chi connectivity index (χ1) is 18.8. The molecule has 0 fully saturated rings. The topological polar surface area (TPSA) is 40.2 Å². The van der Waals surface area contributed by atoms with Gasteiger partial charge >= 0.3 is 0 Å². The van der Waals surface area contributed by atoms with Crippen LogP contribution >= 0.6 is 0 Å². The van der Waals surface area contributed by atoms with Gasteiger partial charge in [0, 0.05) is 41.6 Å². The van der Waals surface area contributed by atoms with Crippen LogP contribution in [0, 0.1) is 0 Å². The van der Waals surface area contributed by atoms with Gasteiger partial charge in [-0.15, -0.1) is 0 Å². The summed E-state index contributed by atoms with van der Waals surface area (Å²) in [7, 11) is 0. The molecule has 0 aliphatic carbocycles. The molecule has 0 N–H and O–H groups in total. The van der Waals surface area contributed by atoms with E-state index >= 15 is 0 Å². The number of rotatable bonds is 4. The molecule has 38 heavy (non-hydrogen) atoms. The van der Waals surface area contributed by atoms with Crippen LogP contribution in [-0.4, -0.2) is 13.6 Å². The van der Waals surface area contributed by atoms with E-state index in [9.17, 15) is 0 Å². The van der Waals surface area contributed by atoms with E-state index in [1.165, 1.54) is 49.8 Å². The standard InChI is InChI=1S/C33H25NO4/c1-3-7-21(8-4-1)15-27-24-11-12-25-23-13-14-29-33(38-19-35-29)28(23)18-34(17-22-9-5-2-6-10-22)31(25)26(24)16-30-32(27)37-20-36-30/h1-14,16H,15,17-20H2. The number of nitrogens with zero attached hydrogens (tertiary/aromatic N) is 1. The van der Waals surface area contributed by atoms with Gasteiger partial charge in [0.2, 0.25) is 13.6 Å². The summed E-state index contributed by atoms with van der Waals surface area (Å²) in [4.78, 5) is 2.46. The first-order valence-electron chi connectivity index (χ1n) is 13.0. The zero-order valence-electron chi connectivity index (χ0n) is 20.8. The minimum absolute atomic E-state index is 0.246. The molecular formula is C33H25NO4. The Morgan fingerprint density at radius 1 is 0.605 bits per heavy atom. The Balaban J connectivity index is 1.38. The molecule has 5 aromatic rings. The molecule has 5 nitrogen and oxygen atoms in total. The van der Waals surface area contributed by atoms with E-state index in [1.807, 2.05) is 6.07 Å². The second-order valence-corrected chi connectivity index (χ2v) is 9.98. The molecule has 0 saturated carbocycles. The third kappa shape index (κ3) is 3.32. The van der Waals surface area contributed by atoms with E-state index in [2.05, 4.69) is 89.8 Å². The van der Waals surface area contributed by atoms with Crippen LogP contribution in [0.2, 0.25) is 0 Å². The minimum Gasteiger partial charge on any atom is -0.454 e. The molecular weight excluding hydrogens is 474 g/mol. The molecule has 5 heteroatoms. The summed E-state index contributed by atoms with van der Waals surface area (Å²) in [5.41, 5.74) is 8.44. The fourth-order valence-corrected chi connectivity index (χ4v) is 6.08. The Morgan fingerprint density at radius 3 is 2.13 bits per heavy atom. The molecule has 0 unspecified atom stereocenters. The molecule has 0 atom stereocenters. The molecule has 0 spiro atoms. The first kappa shape index (κ1) is 21.4. The van der Waals surface area contributed by atoms with Gasteiger partial charge in [-0.1, -0.05) is 72.8 Å². The molecule has 8 rings (SSSR count). The molecule has 186 valence electrons. The predicted molar refractivity (Wildman–Crippen MR) is 147 cm³/mol. The van der Waals surface area contributed by atoms with E-state index in [0.717, 1.165) is 42.5 Å². The van der Waals surface area contributed by atoms with Crippen LogP contribution in [0.5, 0.6) is 23.0 Å². The molecule has 3 aliphatic rings. The first-order valence-corrected chi connectivity index (χ1v) is 13.0. The Bertz CT molecular complexity index is 1700. The second kappa shape index (κ2) is 8.45. The molecule has 0 aromatic heterocycles. The van der Waals surface area contributed by atoms with Crippen LogP contribution in [0.15, 0.2) is 91.0 Å². The van der Waals surface area contributed by atoms with Crippen molar-refractivity contribution in [2.75, 3.05) is 18.5 Å². The lowest BCUT2D eigenvalue weighted by Crippen LogP contribution is -2.26. The predicted octanol–water partition coefficient (Wildman–Crippen LogP) is 7.08. The summed E-state index contributed by atoms with van der Waals surface area (Å²) in [6.45, 7) is 2.02. The van der Waals surface area contributed by atoms with Crippen molar-refractivity contribution in [3.63, 3.8) is 0 Å². The van der Waals surface area contributed by atoms with Gasteiger partial charge in [-0.05, 0) is 40.3 Å². The largest absolute Gasteiger partial charge is 0.454 e. The highest BCUT2D eigenvalue weighted by molar-refractivity contribution is 6.07. The van der Waals surface area contributed by atoms with E-state index in [0.29, 0.717) is 0 Å². The van der Waals surface area contributed by atoms with Crippen molar-refractivity contribution in [3.05, 3.63) is 113 Å². The maximum absolute atomic E-state index is 6.02. The maximum atomic E-state index is 6.02. The summed E-state index contributed by atoms with van der Waals surface area (Å²) in [6, 6.07) is 32.1. The highest BCUT2D eigenvalue weighted by Gasteiger charge is 2.32. The van der Waals surface area contributed by atoms with Gasteiger partial charge in [-0.25, -0.2) is 0 Å². The van der Waals surface area contributed by atoms with Crippen molar-refractivity contribution in [3.8, 4) is 34.1 Å². The molecule has 0 radical (unpaired) electrons. The zero-order chi connectivity index (χ0) is 25.1. The van der Waals surface area contributed by atoms with E-state index in [-0.39, 0.29) is 13.6 Å². The average molecular weight is 500 g/mol. The lowest BCUT2D eigenvalue weighted by Gasteiger charge is -2.35. The van der Waals surface area contributed by atoms with Crippen molar-refractivity contribution in [1.82, 2.24) is 0 Å². The van der Waals surface area contributed by atoms with E-state index < -0.39 is 0 Å². The number of hydrogen-bond acceptors (Lipinski definition) is 5. The Kier molecular flexibility index (Phi) is 4.77. The van der Waals surface area contributed by atoms with Crippen LogP contribution in [0.25, 0.3) is 21.9 Å². The third-order valence-corrected chi connectivity index (χ3v) is 7.77. The summed E-state index contributed by atoms with van der Waals surface area (Å²) in [5.74, 6) is 3.35. The molecule has 3 aliphatic heterocycles. The third-order valence-electron chi connectivity index (χ3n) is 7.77. The molecule has 0 amide bonds. The minimum atomic E-state index is 0.246. The summed E-state index contributed by atoms with van der Waals surface area (Å²) in [6.07, 6.45) is 0.774. The smallest absolute Gasteiger partial charge is 0.231 e. The maximum Gasteiger partial charge on any atom is 0.231 e. The number of hydrogen-bond donors (Lipinski definition) is 0. The van der Waals surface area contributed by atoms with Gasteiger partial charge < -0.3 is 23.8 Å². The highest BCUT2D eigenvalue weighted by Crippen LogP contribution is 2.52. The second-order valence-electron chi connectivity index (χ2n) is 9.98. The SMILES string of the molecule is c1ccc(Cc2c3c(cc4c5c(ccc24)-c2ccc4c(c2CN5Cc2ccccc2)OCO4)OCO3)cc1. The summed E-state index contributed by atoms with van der Waals surface area (Å²) >= 11 is 0. The Labute approximate surface area is 220 Å². The molecule has 3 heterocycles. The van der Waals surface area contributed by atoms with E-state index in [4.69, 9.17) is 18.9 Å². The number of ether oxygens (including phenoxy) is 4. The Hall–Kier alpha value is -4.64. The molecule has 0 bridgehead atoms. The van der Waals surface area contributed by atoms with Crippen LogP contribution in [-0.2, 0) is 19.5 Å². The van der Waals surface area contributed by atoms with Crippen LogP contribution < -0.4 is 23.8 Å². The van der Waals surface area contributed by atoms with Crippen molar-refractivity contribution >= 4 is 16.5 Å². The van der Waals surface area contributed by atoms with Gasteiger partial charge in [-0.2, -0.15) is 0 Å². The lowest BCUT2D eigenvalue weighted by atomic mass is 9.87. The molecule has 5 aromatic carbocycles. The van der Waals surface area contributed by atoms with Crippen molar-refractivity contribution < 1.29 is 18.9 Å². The number of anilines is 1. The summed E-state index contributed by atoms with van der Waals surface area (Å²) in [5, 5.41) is 2.37. The fourth-order valence-electron chi connectivity index (χ4n) is 6.08. The van der Waals surface area contributed by atoms with Gasteiger partial charge in [0.15, 0.2) is 23.0 Å². The number of fused-ring (bicyclic) bond motifs is 8. The van der Waals surface area contributed by atoms with Crippen LogP contribution in [0.1, 0.15) is 22.3 Å². The van der Waals surface area contributed by atoms with Gasteiger partial charge in [0.1, 0.15) is 0 Å². The van der Waals surface area contributed by atoms with Crippen LogP contribution in [0.3, 0.4) is 0 Å². The average Bonchev–Trinajstić information content (AvgIpc) is 3.64. The van der Waals surface area contributed by atoms with Gasteiger partial charge in [0.05, 0.1) is 5.69 Å². The van der Waals surface area contributed by atoms with Crippen LogP contribution in [0.4, 0.5) is 5.69 Å². The monoisotopic (exact) mass is 499 g/mol. The van der Waals surface area contributed by atoms with Crippen molar-refractivity contribution in [1.29, 1.82) is 0 Å². The summed E-state index contributed by atoms with van der Waals surface area (Å²) < 4.78 is 23.7. The fraction of sp³-hybridized carbons (Fsp3) is 0.152.